The molecule has 2 fully saturated rings. The molecule has 0 spiro atoms. The lowest BCUT2D eigenvalue weighted by atomic mass is 9.96. The Bertz CT molecular complexity index is 1070. The van der Waals surface area contributed by atoms with Gasteiger partial charge < -0.3 is 15.1 Å². The number of halogens is 3. The van der Waals surface area contributed by atoms with E-state index in [1.54, 1.807) is 12.1 Å². The fraction of sp³-hybridized carbons (Fsp3) is 0.462. The predicted molar refractivity (Wildman–Crippen MR) is 134 cm³/mol. The summed E-state index contributed by atoms with van der Waals surface area (Å²) < 4.78 is 38.7. The van der Waals surface area contributed by atoms with Crippen LogP contribution < -0.4 is 10.2 Å². The second kappa shape index (κ2) is 11.4. The summed E-state index contributed by atoms with van der Waals surface area (Å²) >= 11 is 0. The van der Waals surface area contributed by atoms with Crippen molar-refractivity contribution in [1.82, 2.24) is 14.9 Å². The Morgan fingerprint density at radius 2 is 1.59 bits per heavy atom. The van der Waals surface area contributed by atoms with Crippen molar-refractivity contribution in [2.45, 2.75) is 25.6 Å². The van der Waals surface area contributed by atoms with Crippen LogP contribution in [0.3, 0.4) is 0 Å². The molecule has 2 aliphatic rings. The van der Waals surface area contributed by atoms with Crippen LogP contribution in [0.2, 0.25) is 0 Å². The monoisotopic (exact) mass is 519 g/mol. The number of alkyl halides is 3. The van der Waals surface area contributed by atoms with Crippen LogP contribution in [-0.2, 0) is 16.1 Å². The number of rotatable bonds is 7. The number of hydroxylamine groups is 2. The Labute approximate surface area is 214 Å². The van der Waals surface area contributed by atoms with Gasteiger partial charge in [-0.15, -0.1) is 0 Å². The van der Waals surface area contributed by atoms with Gasteiger partial charge in [0.1, 0.15) is 6.54 Å². The fourth-order valence-corrected chi connectivity index (χ4v) is 4.58. The molecule has 8 nitrogen and oxygen atoms in total. The van der Waals surface area contributed by atoms with Gasteiger partial charge in [-0.05, 0) is 61.9 Å². The van der Waals surface area contributed by atoms with E-state index in [0.717, 1.165) is 22.6 Å². The first-order chi connectivity index (χ1) is 17.6. The van der Waals surface area contributed by atoms with Gasteiger partial charge in [-0.25, -0.2) is 5.06 Å². The third-order valence-electron chi connectivity index (χ3n) is 6.89. The molecule has 2 aliphatic heterocycles. The number of anilines is 3. The molecule has 2 heterocycles. The summed E-state index contributed by atoms with van der Waals surface area (Å²) in [4.78, 5) is 29.7. The highest BCUT2D eigenvalue weighted by Gasteiger charge is 2.41. The molecule has 0 bridgehead atoms. The Morgan fingerprint density at radius 3 is 2.16 bits per heavy atom. The average Bonchev–Trinajstić information content (AvgIpc) is 2.87. The zero-order valence-electron chi connectivity index (χ0n) is 20.7. The molecule has 0 unspecified atom stereocenters. The van der Waals surface area contributed by atoms with E-state index in [1.165, 1.54) is 4.90 Å². The van der Waals surface area contributed by atoms with Crippen LogP contribution in [-0.4, -0.2) is 84.4 Å². The maximum atomic E-state index is 12.9. The van der Waals surface area contributed by atoms with E-state index in [9.17, 15) is 28.0 Å². The number of carbonyl (C=O) groups excluding carboxylic acids is 2. The summed E-state index contributed by atoms with van der Waals surface area (Å²) in [5.41, 5.74) is 3.26. The van der Waals surface area contributed by atoms with Gasteiger partial charge in [0.2, 0.25) is 5.91 Å². The minimum Gasteiger partial charge on any atom is -0.372 e. The van der Waals surface area contributed by atoms with Crippen molar-refractivity contribution < 1.29 is 28.0 Å². The van der Waals surface area contributed by atoms with Crippen molar-refractivity contribution >= 4 is 28.9 Å². The summed E-state index contributed by atoms with van der Waals surface area (Å²) in [6.07, 6.45) is -3.90. The first kappa shape index (κ1) is 26.7. The fourth-order valence-electron chi connectivity index (χ4n) is 4.58. The number of piperazine rings is 1. The maximum Gasteiger partial charge on any atom is 0.391 e. The second-order valence-corrected chi connectivity index (χ2v) is 9.68. The van der Waals surface area contributed by atoms with Crippen molar-refractivity contribution in [2.75, 3.05) is 56.5 Å². The van der Waals surface area contributed by atoms with Gasteiger partial charge in [0.05, 0.1) is 19.0 Å². The van der Waals surface area contributed by atoms with Gasteiger partial charge in [-0.3, -0.25) is 19.7 Å². The number of piperidine rings is 1. The Balaban J connectivity index is 1.25. The molecule has 37 heavy (non-hydrogen) atoms. The van der Waals surface area contributed by atoms with Crippen LogP contribution in [0, 0.1) is 5.92 Å². The molecule has 0 radical (unpaired) electrons. The van der Waals surface area contributed by atoms with Crippen molar-refractivity contribution in [3.8, 4) is 0 Å². The number of carbonyl (C=O) groups is 2. The number of nitrogens with one attached hydrogen (secondary N) is 1. The first-order valence-corrected chi connectivity index (χ1v) is 12.3. The molecule has 0 saturated carbocycles. The summed E-state index contributed by atoms with van der Waals surface area (Å²) in [7, 11) is 1.84. The van der Waals surface area contributed by atoms with Crippen LogP contribution in [0.25, 0.3) is 0 Å². The second-order valence-electron chi connectivity index (χ2n) is 9.68. The van der Waals surface area contributed by atoms with Crippen molar-refractivity contribution in [3.05, 3.63) is 54.1 Å². The lowest BCUT2D eigenvalue weighted by molar-refractivity contribution is -0.179. The van der Waals surface area contributed by atoms with Crippen LogP contribution in [0.1, 0.15) is 18.4 Å². The van der Waals surface area contributed by atoms with Crippen molar-refractivity contribution in [2.24, 2.45) is 5.92 Å². The highest BCUT2D eigenvalue weighted by Crippen LogP contribution is 2.35. The van der Waals surface area contributed by atoms with Crippen LogP contribution >= 0.6 is 0 Å². The quantitative estimate of drug-likeness (QED) is 0.429. The molecule has 2 saturated heterocycles. The SMILES string of the molecule is CN1CCN(CC(=O)N(O)Cc2ccc(Nc3ccc(N4CCC(C(F)(F)F)CC4)cc3)cc2)C(=O)C1. The van der Waals surface area contributed by atoms with Crippen LogP contribution in [0.4, 0.5) is 30.2 Å². The molecule has 2 amide bonds. The molecule has 0 atom stereocenters. The number of hydrogen-bond acceptors (Lipinski definition) is 6. The van der Waals surface area contributed by atoms with Crippen molar-refractivity contribution in [3.63, 3.8) is 0 Å². The molecular formula is C26H32F3N5O3. The van der Waals surface area contributed by atoms with E-state index >= 15 is 0 Å². The zero-order chi connectivity index (χ0) is 26.6. The summed E-state index contributed by atoms with van der Waals surface area (Å²) in [6, 6.07) is 14.8. The third kappa shape index (κ3) is 7.14. The Hall–Kier alpha value is -3.31. The lowest BCUT2D eigenvalue weighted by Gasteiger charge is -2.34. The van der Waals surface area contributed by atoms with Crippen LogP contribution in [0.5, 0.6) is 0 Å². The van der Waals surface area contributed by atoms with E-state index < -0.39 is 18.0 Å². The number of benzene rings is 2. The number of likely N-dealkylation sites (N-methyl/N-ethyl adjacent to an activating group) is 1. The molecule has 11 heteroatoms. The smallest absolute Gasteiger partial charge is 0.372 e. The van der Waals surface area contributed by atoms with Gasteiger partial charge in [-0.1, -0.05) is 12.1 Å². The molecule has 4 rings (SSSR count). The van der Waals surface area contributed by atoms with Gasteiger partial charge in [0.15, 0.2) is 0 Å². The number of hydrogen-bond donors (Lipinski definition) is 2. The molecule has 2 aromatic rings. The lowest BCUT2D eigenvalue weighted by Crippen LogP contribution is -2.51. The Kier molecular flexibility index (Phi) is 8.23. The van der Waals surface area contributed by atoms with E-state index in [4.69, 9.17) is 0 Å². The molecule has 2 aromatic carbocycles. The van der Waals surface area contributed by atoms with Crippen LogP contribution in [0.15, 0.2) is 48.5 Å². The van der Waals surface area contributed by atoms with E-state index in [2.05, 4.69) is 5.32 Å². The van der Waals surface area contributed by atoms with E-state index in [0.29, 0.717) is 31.2 Å². The molecule has 0 aliphatic carbocycles. The summed E-state index contributed by atoms with van der Waals surface area (Å²) in [5.74, 6) is -1.89. The van der Waals surface area contributed by atoms with Gasteiger partial charge in [-0.2, -0.15) is 13.2 Å². The summed E-state index contributed by atoms with van der Waals surface area (Å²) in [6.45, 7) is 2.01. The molecular weight excluding hydrogens is 487 g/mol. The minimum absolute atomic E-state index is 0.000768. The van der Waals surface area contributed by atoms with Gasteiger partial charge in [0.25, 0.3) is 5.91 Å². The van der Waals surface area contributed by atoms with Gasteiger partial charge >= 0.3 is 6.18 Å². The largest absolute Gasteiger partial charge is 0.391 e. The normalized spacial score (nSPS) is 17.7. The minimum atomic E-state index is -4.12. The molecule has 200 valence electrons. The van der Waals surface area contributed by atoms with E-state index in [-0.39, 0.29) is 38.4 Å². The summed E-state index contributed by atoms with van der Waals surface area (Å²) in [5, 5.41) is 14.1. The average molecular weight is 520 g/mol. The number of nitrogens with zero attached hydrogens (tertiary/aromatic N) is 4. The topological polar surface area (TPSA) is 79.4 Å². The third-order valence-corrected chi connectivity index (χ3v) is 6.89. The first-order valence-electron chi connectivity index (χ1n) is 12.3. The van der Waals surface area contributed by atoms with Gasteiger partial charge in [0, 0.05) is 43.2 Å². The standard InChI is InChI=1S/C26H32F3N5O3/c1-31-14-15-33(24(35)17-31)18-25(36)34(37)16-19-2-4-21(5-3-19)30-22-6-8-23(9-7-22)32-12-10-20(11-13-32)26(27,28)29/h2-9,20,30,37H,10-18H2,1H3. The predicted octanol–water partition coefficient (Wildman–Crippen LogP) is 3.70. The molecule has 0 aromatic heterocycles. The van der Waals surface area contributed by atoms with Crippen molar-refractivity contribution in [1.29, 1.82) is 0 Å². The Morgan fingerprint density at radius 1 is 1.00 bits per heavy atom. The molecule has 2 N–H and O–H groups in total. The van der Waals surface area contributed by atoms with E-state index in [1.807, 2.05) is 53.2 Å². The highest BCUT2D eigenvalue weighted by molar-refractivity contribution is 5.85. The zero-order valence-corrected chi connectivity index (χ0v) is 20.7. The maximum absolute atomic E-state index is 12.9. The highest BCUT2D eigenvalue weighted by atomic mass is 19.4. The number of amides is 2.